The Kier molecular flexibility index (Phi) is 3.75. The maximum absolute atomic E-state index is 12.2. The lowest BCUT2D eigenvalue weighted by Gasteiger charge is -2.33. The summed E-state index contributed by atoms with van der Waals surface area (Å²) in [5.41, 5.74) is 3.09. The fourth-order valence-corrected chi connectivity index (χ4v) is 3.02. The first-order valence-electron chi connectivity index (χ1n) is 7.36. The minimum Gasteiger partial charge on any atom is -0.467 e. The van der Waals surface area contributed by atoms with Gasteiger partial charge in [-0.05, 0) is 18.6 Å². The number of hydrogen-bond acceptors (Lipinski definition) is 3. The first-order valence-corrected chi connectivity index (χ1v) is 7.36. The minimum atomic E-state index is -0.594. The maximum Gasteiger partial charge on any atom is 0.329 e. The Balaban J connectivity index is 2.02. The number of carbonyl (C=O) groups excluding carboxylic acids is 2. The fraction of sp³-hybridized carbons (Fsp3) is 0.375. The van der Waals surface area contributed by atoms with Crippen molar-refractivity contribution in [3.63, 3.8) is 0 Å². The molecular weight excluding hydrogens is 282 g/mol. The lowest BCUT2D eigenvalue weighted by atomic mass is 9.97. The Morgan fingerprint density at radius 2 is 2.18 bits per heavy atom. The van der Waals surface area contributed by atoms with Gasteiger partial charge in [-0.25, -0.2) is 9.59 Å². The summed E-state index contributed by atoms with van der Waals surface area (Å²) in [6, 6.07) is 7.12. The number of aromatic amines is 1. The van der Waals surface area contributed by atoms with Gasteiger partial charge in [0.25, 0.3) is 0 Å². The van der Waals surface area contributed by atoms with E-state index in [0.717, 1.165) is 22.2 Å². The number of amides is 2. The average molecular weight is 301 g/mol. The van der Waals surface area contributed by atoms with Crippen molar-refractivity contribution in [1.82, 2.24) is 15.2 Å². The van der Waals surface area contributed by atoms with Crippen LogP contribution in [-0.4, -0.2) is 41.6 Å². The van der Waals surface area contributed by atoms with Crippen LogP contribution in [0.4, 0.5) is 4.79 Å². The van der Waals surface area contributed by atoms with E-state index in [1.807, 2.05) is 31.2 Å². The number of hydrogen-bond donors (Lipinski definition) is 2. The number of nitrogens with zero attached hydrogens (tertiary/aromatic N) is 1. The summed E-state index contributed by atoms with van der Waals surface area (Å²) in [5.74, 6) is -0.387. The van der Waals surface area contributed by atoms with E-state index in [0.29, 0.717) is 19.5 Å². The predicted molar refractivity (Wildman–Crippen MR) is 82.4 cm³/mol. The van der Waals surface area contributed by atoms with E-state index in [1.54, 1.807) is 0 Å². The second kappa shape index (κ2) is 5.71. The van der Waals surface area contributed by atoms with Gasteiger partial charge in [0.15, 0.2) is 0 Å². The Morgan fingerprint density at radius 3 is 2.91 bits per heavy atom. The Labute approximate surface area is 128 Å². The van der Waals surface area contributed by atoms with Crippen molar-refractivity contribution >= 4 is 22.9 Å². The van der Waals surface area contributed by atoms with Gasteiger partial charge in [-0.3, -0.25) is 0 Å². The fourth-order valence-electron chi connectivity index (χ4n) is 3.02. The van der Waals surface area contributed by atoms with E-state index >= 15 is 0 Å². The number of nitrogens with one attached hydrogen (secondary N) is 2. The van der Waals surface area contributed by atoms with Crippen LogP contribution in [-0.2, 0) is 22.5 Å². The summed E-state index contributed by atoms with van der Waals surface area (Å²) in [6.45, 7) is 2.74. The van der Waals surface area contributed by atoms with Gasteiger partial charge in [0.05, 0.1) is 13.7 Å². The Hall–Kier alpha value is -2.50. The number of methoxy groups -OCH3 is 1. The van der Waals surface area contributed by atoms with Crippen LogP contribution in [0.2, 0.25) is 0 Å². The number of rotatable bonds is 2. The topological polar surface area (TPSA) is 74.4 Å². The predicted octanol–water partition coefficient (Wildman–Crippen LogP) is 1.80. The second-order valence-electron chi connectivity index (χ2n) is 5.33. The molecule has 1 atom stereocenters. The number of urea groups is 1. The molecule has 6 heteroatoms. The molecule has 0 bridgehead atoms. The van der Waals surface area contributed by atoms with Gasteiger partial charge in [-0.15, -0.1) is 0 Å². The van der Waals surface area contributed by atoms with Gasteiger partial charge in [-0.2, -0.15) is 0 Å². The zero-order valence-corrected chi connectivity index (χ0v) is 12.7. The maximum atomic E-state index is 12.2. The van der Waals surface area contributed by atoms with E-state index in [1.165, 1.54) is 12.0 Å². The molecule has 6 nitrogen and oxygen atoms in total. The molecule has 1 aliphatic rings. The normalized spacial score (nSPS) is 17.2. The monoisotopic (exact) mass is 301 g/mol. The van der Waals surface area contributed by atoms with Gasteiger partial charge >= 0.3 is 12.0 Å². The average Bonchev–Trinajstić information content (AvgIpc) is 2.90. The number of carbonyl (C=O) groups is 2. The molecule has 22 heavy (non-hydrogen) atoms. The summed E-state index contributed by atoms with van der Waals surface area (Å²) < 4.78 is 4.88. The standard InChI is InChI=1S/C16H19N3O3/c1-3-17-16(21)19-9-13-11(8-14(19)15(20)22-2)10-6-4-5-7-12(10)18-13/h4-7,14,18H,3,8-9H2,1-2H3,(H,17,21)/t14-/m0/s1. The van der Waals surface area contributed by atoms with Crippen LogP contribution >= 0.6 is 0 Å². The smallest absolute Gasteiger partial charge is 0.329 e. The van der Waals surface area contributed by atoms with Gasteiger partial charge < -0.3 is 19.9 Å². The largest absolute Gasteiger partial charge is 0.467 e. The molecule has 2 heterocycles. The molecule has 2 N–H and O–H groups in total. The summed E-state index contributed by atoms with van der Waals surface area (Å²) in [7, 11) is 1.35. The molecule has 0 radical (unpaired) electrons. The number of aromatic nitrogens is 1. The number of H-pyrrole nitrogens is 1. The second-order valence-corrected chi connectivity index (χ2v) is 5.33. The first-order chi connectivity index (χ1) is 10.7. The SMILES string of the molecule is CCNC(=O)N1Cc2[nH]c3ccccc3c2C[C@H]1C(=O)OC. The van der Waals surface area contributed by atoms with Crippen LogP contribution in [0.15, 0.2) is 24.3 Å². The van der Waals surface area contributed by atoms with Gasteiger partial charge in [0.2, 0.25) is 0 Å². The van der Waals surface area contributed by atoms with E-state index in [4.69, 9.17) is 4.74 Å². The van der Waals surface area contributed by atoms with Crippen LogP contribution in [0.1, 0.15) is 18.2 Å². The zero-order chi connectivity index (χ0) is 15.7. The van der Waals surface area contributed by atoms with Gasteiger partial charge in [0.1, 0.15) is 6.04 Å². The lowest BCUT2D eigenvalue weighted by molar-refractivity contribution is -0.146. The van der Waals surface area contributed by atoms with E-state index < -0.39 is 6.04 Å². The van der Waals surface area contributed by atoms with Crippen molar-refractivity contribution in [3.8, 4) is 0 Å². The molecular formula is C16H19N3O3. The van der Waals surface area contributed by atoms with E-state index in [9.17, 15) is 9.59 Å². The highest BCUT2D eigenvalue weighted by atomic mass is 16.5. The van der Waals surface area contributed by atoms with Crippen LogP contribution in [0.5, 0.6) is 0 Å². The highest BCUT2D eigenvalue weighted by Crippen LogP contribution is 2.30. The molecule has 0 saturated heterocycles. The van der Waals surface area contributed by atoms with Gasteiger partial charge in [-0.1, -0.05) is 18.2 Å². The summed E-state index contributed by atoms with van der Waals surface area (Å²) >= 11 is 0. The third-order valence-corrected chi connectivity index (χ3v) is 4.07. The Bertz CT molecular complexity index is 722. The number of benzene rings is 1. The summed E-state index contributed by atoms with van der Waals surface area (Å²) in [5, 5.41) is 3.85. The van der Waals surface area contributed by atoms with Gasteiger partial charge in [0, 0.05) is 29.6 Å². The van der Waals surface area contributed by atoms with Crippen molar-refractivity contribution in [2.24, 2.45) is 0 Å². The van der Waals surface area contributed by atoms with Crippen molar-refractivity contribution in [2.45, 2.75) is 25.9 Å². The molecule has 0 fully saturated rings. The summed E-state index contributed by atoms with van der Waals surface area (Å²) in [4.78, 5) is 29.2. The van der Waals surface area contributed by atoms with Crippen LogP contribution in [0.3, 0.4) is 0 Å². The quantitative estimate of drug-likeness (QED) is 0.831. The van der Waals surface area contributed by atoms with Crippen LogP contribution in [0, 0.1) is 0 Å². The third-order valence-electron chi connectivity index (χ3n) is 4.07. The minimum absolute atomic E-state index is 0.248. The van der Waals surface area contributed by atoms with E-state index in [-0.39, 0.29) is 12.0 Å². The molecule has 1 aromatic heterocycles. The van der Waals surface area contributed by atoms with Crippen molar-refractivity contribution < 1.29 is 14.3 Å². The number of para-hydroxylation sites is 1. The number of fused-ring (bicyclic) bond motifs is 3. The zero-order valence-electron chi connectivity index (χ0n) is 12.7. The molecule has 2 amide bonds. The molecule has 1 aliphatic heterocycles. The van der Waals surface area contributed by atoms with Crippen molar-refractivity contribution in [1.29, 1.82) is 0 Å². The molecule has 0 saturated carbocycles. The molecule has 116 valence electrons. The summed E-state index contributed by atoms with van der Waals surface area (Å²) in [6.07, 6.45) is 0.461. The first kappa shape index (κ1) is 14.4. The molecule has 2 aromatic rings. The van der Waals surface area contributed by atoms with Crippen molar-refractivity contribution in [3.05, 3.63) is 35.5 Å². The van der Waals surface area contributed by atoms with Crippen LogP contribution in [0.25, 0.3) is 10.9 Å². The number of esters is 1. The highest BCUT2D eigenvalue weighted by molar-refractivity contribution is 5.89. The Morgan fingerprint density at radius 1 is 1.41 bits per heavy atom. The highest BCUT2D eigenvalue weighted by Gasteiger charge is 2.36. The van der Waals surface area contributed by atoms with Crippen LogP contribution < -0.4 is 5.32 Å². The molecule has 3 rings (SSSR count). The van der Waals surface area contributed by atoms with Crippen molar-refractivity contribution in [2.75, 3.05) is 13.7 Å². The van der Waals surface area contributed by atoms with E-state index in [2.05, 4.69) is 10.3 Å². The third kappa shape index (κ3) is 2.30. The molecule has 0 aliphatic carbocycles. The number of ether oxygens (including phenoxy) is 1. The lowest BCUT2D eigenvalue weighted by Crippen LogP contribution is -2.52. The molecule has 0 spiro atoms. The molecule has 0 unspecified atom stereocenters. The molecule has 1 aromatic carbocycles.